The smallest absolute Gasteiger partial charge is 0.258 e. The van der Waals surface area contributed by atoms with Gasteiger partial charge in [-0.05, 0) is 53.5 Å². The Balaban J connectivity index is 2.28. The van der Waals surface area contributed by atoms with Crippen LogP contribution in [0.5, 0.6) is 5.75 Å². The van der Waals surface area contributed by atoms with E-state index in [0.717, 1.165) is 22.3 Å². The van der Waals surface area contributed by atoms with E-state index in [4.69, 9.17) is 0 Å². The van der Waals surface area contributed by atoms with E-state index in [0.29, 0.717) is 0 Å². The second-order valence-electron chi connectivity index (χ2n) is 11.4. The molecule has 0 bridgehead atoms. The molecule has 2 rings (SSSR count). The second kappa shape index (κ2) is 10.5. The second-order valence-corrected chi connectivity index (χ2v) is 13.1. The van der Waals surface area contributed by atoms with Crippen molar-refractivity contribution >= 4 is 22.1 Å². The van der Waals surface area contributed by atoms with Crippen molar-refractivity contribution in [3.63, 3.8) is 0 Å². The zero-order chi connectivity index (χ0) is 26.8. The van der Waals surface area contributed by atoms with Gasteiger partial charge in [0.25, 0.3) is 5.91 Å². The molecule has 0 saturated heterocycles. The zero-order valence-corrected chi connectivity index (χ0v) is 23.0. The van der Waals surface area contributed by atoms with Gasteiger partial charge in [0.05, 0.1) is 11.1 Å². The van der Waals surface area contributed by atoms with Gasteiger partial charge in [-0.2, -0.15) is 9.82 Å². The number of aryl methyl sites for hydroxylation is 1. The van der Waals surface area contributed by atoms with E-state index in [-0.39, 0.29) is 27.4 Å². The van der Waals surface area contributed by atoms with Gasteiger partial charge in [-0.1, -0.05) is 73.1 Å². The molecular weight excluding hydrogens is 462 g/mol. The summed E-state index contributed by atoms with van der Waals surface area (Å²) in [5.74, 6) is -0.603. The number of phenols is 1. The lowest BCUT2D eigenvalue weighted by molar-refractivity contribution is -0.123. The molecule has 0 aliphatic rings. The minimum Gasteiger partial charge on any atom is -0.507 e. The Bertz CT molecular complexity index is 1150. The number of nitrogens with zero attached hydrogens (tertiary/aromatic N) is 1. The molecule has 0 aliphatic heterocycles. The van der Waals surface area contributed by atoms with Gasteiger partial charge in [-0.25, -0.2) is 13.8 Å². The largest absolute Gasteiger partial charge is 0.507 e. The molecule has 7 nitrogen and oxygen atoms in total. The lowest BCUT2D eigenvalue weighted by Crippen LogP contribution is -2.48. The lowest BCUT2D eigenvalue weighted by atomic mass is 9.78. The molecule has 0 spiro atoms. The van der Waals surface area contributed by atoms with Gasteiger partial charge in [0.15, 0.2) is 0 Å². The Hall–Kier alpha value is -2.71. The molecular formula is C27H39N3O4S. The predicted molar refractivity (Wildman–Crippen MR) is 141 cm³/mol. The quantitative estimate of drug-likeness (QED) is 0.376. The summed E-state index contributed by atoms with van der Waals surface area (Å²) in [6.07, 6.45) is 1.51. The molecule has 0 unspecified atom stereocenters. The number of phenolic OH excluding ortho intramolecular Hbond substituents is 1. The Morgan fingerprint density at radius 3 is 1.89 bits per heavy atom. The monoisotopic (exact) mass is 501 g/mol. The van der Waals surface area contributed by atoms with Crippen molar-refractivity contribution in [1.29, 1.82) is 0 Å². The summed E-state index contributed by atoms with van der Waals surface area (Å²) in [5, 5.41) is 15.0. The molecule has 0 aromatic heterocycles. The maximum absolute atomic E-state index is 12.9. The van der Waals surface area contributed by atoms with E-state index < -0.39 is 22.0 Å². The summed E-state index contributed by atoms with van der Waals surface area (Å²) in [6.45, 7) is 17.5. The number of hydrogen-bond donors (Lipinski definition) is 3. The molecule has 0 radical (unpaired) electrons. The highest BCUT2D eigenvalue weighted by Gasteiger charge is 2.29. The molecule has 0 saturated carbocycles. The first-order valence-corrected chi connectivity index (χ1v) is 13.2. The summed E-state index contributed by atoms with van der Waals surface area (Å²) >= 11 is 0. The lowest BCUT2D eigenvalue weighted by Gasteiger charge is -2.27. The molecule has 1 atom stereocenters. The normalized spacial score (nSPS) is 13.9. The van der Waals surface area contributed by atoms with Crippen molar-refractivity contribution in [2.24, 2.45) is 11.0 Å². The fourth-order valence-electron chi connectivity index (χ4n) is 3.56. The zero-order valence-electron chi connectivity index (χ0n) is 22.2. The van der Waals surface area contributed by atoms with E-state index in [1.54, 1.807) is 26.0 Å². The minimum atomic E-state index is -3.88. The Labute approximate surface area is 210 Å². The standard InChI is InChI=1S/C27H39N3O4S/c1-17(2)23(30-35(33,34)20-12-10-18(3)11-13-20)25(32)29-28-16-19-14-21(26(4,5)6)24(31)22(15-19)27(7,8)9/h10-17,23,30-31H,1-9H3,(H,29,32)/b28-16-/t23-/m1/s1. The average molecular weight is 502 g/mol. The molecule has 3 N–H and O–H groups in total. The highest BCUT2D eigenvalue weighted by atomic mass is 32.2. The third-order valence-corrected chi connectivity index (χ3v) is 7.16. The summed E-state index contributed by atoms with van der Waals surface area (Å²) in [6, 6.07) is 9.12. The molecule has 0 fully saturated rings. The van der Waals surface area contributed by atoms with Crippen LogP contribution in [-0.4, -0.2) is 31.7 Å². The van der Waals surface area contributed by atoms with Gasteiger partial charge in [-0.15, -0.1) is 0 Å². The van der Waals surface area contributed by atoms with Crippen molar-refractivity contribution in [3.05, 3.63) is 58.7 Å². The minimum absolute atomic E-state index is 0.0959. The molecule has 192 valence electrons. The van der Waals surface area contributed by atoms with E-state index in [1.165, 1.54) is 18.3 Å². The third kappa shape index (κ3) is 7.39. The number of hydrogen-bond acceptors (Lipinski definition) is 5. The van der Waals surface area contributed by atoms with Gasteiger partial charge in [0, 0.05) is 11.1 Å². The van der Waals surface area contributed by atoms with Gasteiger partial charge < -0.3 is 5.11 Å². The average Bonchev–Trinajstić information content (AvgIpc) is 2.71. The first kappa shape index (κ1) is 28.5. The van der Waals surface area contributed by atoms with E-state index in [9.17, 15) is 18.3 Å². The molecule has 35 heavy (non-hydrogen) atoms. The van der Waals surface area contributed by atoms with Crippen LogP contribution in [0.1, 0.15) is 77.6 Å². The molecule has 8 heteroatoms. The van der Waals surface area contributed by atoms with Crippen LogP contribution in [0.3, 0.4) is 0 Å². The maximum Gasteiger partial charge on any atom is 0.258 e. The van der Waals surface area contributed by atoms with Crippen LogP contribution in [0.2, 0.25) is 0 Å². The van der Waals surface area contributed by atoms with Crippen molar-refractivity contribution in [2.75, 3.05) is 0 Å². The van der Waals surface area contributed by atoms with E-state index in [2.05, 4.69) is 15.2 Å². The van der Waals surface area contributed by atoms with Crippen LogP contribution in [0.25, 0.3) is 0 Å². The number of benzene rings is 2. The number of rotatable bonds is 7. The van der Waals surface area contributed by atoms with Crippen molar-refractivity contribution in [3.8, 4) is 5.75 Å². The van der Waals surface area contributed by atoms with Crippen molar-refractivity contribution < 1.29 is 18.3 Å². The molecule has 2 aromatic rings. The predicted octanol–water partition coefficient (Wildman–Crippen LogP) is 4.75. The summed E-state index contributed by atoms with van der Waals surface area (Å²) in [5.41, 5.74) is 5.10. The van der Waals surface area contributed by atoms with Crippen LogP contribution < -0.4 is 10.1 Å². The van der Waals surface area contributed by atoms with Crippen molar-refractivity contribution in [2.45, 2.75) is 84.1 Å². The summed E-state index contributed by atoms with van der Waals surface area (Å²) < 4.78 is 28.1. The number of nitrogens with one attached hydrogen (secondary N) is 2. The van der Waals surface area contributed by atoms with Crippen LogP contribution >= 0.6 is 0 Å². The number of sulfonamides is 1. The Morgan fingerprint density at radius 2 is 1.46 bits per heavy atom. The molecule has 0 heterocycles. The highest BCUT2D eigenvalue weighted by Crippen LogP contribution is 2.39. The molecule has 1 amide bonds. The SMILES string of the molecule is Cc1ccc(S(=O)(=O)N[C@@H](C(=O)N/N=C\c2cc(C(C)(C)C)c(O)c(C(C)(C)C)c2)C(C)C)cc1. The van der Waals surface area contributed by atoms with E-state index >= 15 is 0 Å². The van der Waals surface area contributed by atoms with Crippen LogP contribution in [0, 0.1) is 12.8 Å². The fraction of sp³-hybridized carbons (Fsp3) is 0.481. The van der Waals surface area contributed by atoms with Crippen LogP contribution in [0.15, 0.2) is 46.4 Å². The molecule has 2 aromatic carbocycles. The molecule has 0 aliphatic carbocycles. The number of carbonyl (C=O) groups excluding carboxylic acids is 1. The van der Waals surface area contributed by atoms with Gasteiger partial charge >= 0.3 is 0 Å². The number of aromatic hydroxyl groups is 1. The maximum atomic E-state index is 12.9. The van der Waals surface area contributed by atoms with Gasteiger partial charge in [0.2, 0.25) is 10.0 Å². The first-order valence-electron chi connectivity index (χ1n) is 11.7. The highest BCUT2D eigenvalue weighted by molar-refractivity contribution is 7.89. The topological polar surface area (TPSA) is 108 Å². The van der Waals surface area contributed by atoms with Gasteiger partial charge in [-0.3, -0.25) is 4.79 Å². The van der Waals surface area contributed by atoms with E-state index in [1.807, 2.05) is 60.6 Å². The number of amides is 1. The third-order valence-electron chi connectivity index (χ3n) is 5.70. The first-order chi connectivity index (χ1) is 15.9. The Kier molecular flexibility index (Phi) is 8.56. The van der Waals surface area contributed by atoms with Gasteiger partial charge in [0.1, 0.15) is 11.8 Å². The summed E-state index contributed by atoms with van der Waals surface area (Å²) in [7, 11) is -3.88. The number of carbonyl (C=O) groups is 1. The van der Waals surface area contributed by atoms with Crippen molar-refractivity contribution in [1.82, 2.24) is 10.1 Å². The Morgan fingerprint density at radius 1 is 0.971 bits per heavy atom. The summed E-state index contributed by atoms with van der Waals surface area (Å²) in [4.78, 5) is 12.9. The fourth-order valence-corrected chi connectivity index (χ4v) is 4.90. The van der Waals surface area contributed by atoms with Crippen LogP contribution in [-0.2, 0) is 25.6 Å². The number of hydrazone groups is 1. The van der Waals surface area contributed by atoms with Crippen LogP contribution in [0.4, 0.5) is 0 Å².